The number of piperidine rings is 3. The Balaban J connectivity index is 1.47. The second kappa shape index (κ2) is 6.61. The van der Waals surface area contributed by atoms with Crippen LogP contribution in [0.25, 0.3) is 0 Å². The van der Waals surface area contributed by atoms with Crippen LogP contribution in [0.1, 0.15) is 31.7 Å². The van der Waals surface area contributed by atoms with Crippen LogP contribution in [-0.2, 0) is 11.2 Å². The van der Waals surface area contributed by atoms with Crippen molar-refractivity contribution in [2.45, 2.75) is 38.6 Å². The highest BCUT2D eigenvalue weighted by Crippen LogP contribution is 2.37. The summed E-state index contributed by atoms with van der Waals surface area (Å²) >= 11 is 0. The van der Waals surface area contributed by atoms with E-state index in [2.05, 4.69) is 17.1 Å². The molecule has 0 saturated carbocycles. The molecule has 1 amide bonds. The lowest BCUT2D eigenvalue weighted by Crippen LogP contribution is -2.56. The van der Waals surface area contributed by atoms with Crippen LogP contribution < -0.4 is 5.32 Å². The topological polar surface area (TPSA) is 32.3 Å². The summed E-state index contributed by atoms with van der Waals surface area (Å²) in [6.45, 7) is 5.59. The van der Waals surface area contributed by atoms with Gasteiger partial charge in [0, 0.05) is 19.1 Å². The molecule has 3 saturated heterocycles. The van der Waals surface area contributed by atoms with Gasteiger partial charge in [-0.05, 0) is 36.8 Å². The summed E-state index contributed by atoms with van der Waals surface area (Å²) < 4.78 is 0. The lowest BCUT2D eigenvalue weighted by atomic mass is 9.74. The van der Waals surface area contributed by atoms with Gasteiger partial charge in [-0.2, -0.15) is 0 Å². The fraction of sp³-hybridized carbons (Fsp3) is 0.611. The summed E-state index contributed by atoms with van der Waals surface area (Å²) in [6.07, 6.45) is 4.42. The largest absolute Gasteiger partial charge is 0.354 e. The van der Waals surface area contributed by atoms with E-state index in [9.17, 15) is 4.79 Å². The Morgan fingerprint density at radius 3 is 2.81 bits per heavy atom. The standard InChI is InChI=1S/C18H26N2O/c1-2-15-13-20-9-8-16(15)11-17(20)12-19-18(21)10-14-6-4-3-5-7-14/h3-7,15-17H,2,8-13H2,1H3,(H,19,21)/t15-,16+,17-/m1/s1. The van der Waals surface area contributed by atoms with Crippen molar-refractivity contribution in [1.29, 1.82) is 0 Å². The third kappa shape index (κ3) is 3.46. The quantitative estimate of drug-likeness (QED) is 0.902. The van der Waals surface area contributed by atoms with E-state index in [1.807, 2.05) is 30.3 Å². The average molecular weight is 286 g/mol. The number of hydrogen-bond donors (Lipinski definition) is 1. The number of carbonyl (C=O) groups is 1. The second-order valence-corrected chi connectivity index (χ2v) is 6.57. The Hall–Kier alpha value is -1.35. The summed E-state index contributed by atoms with van der Waals surface area (Å²) in [5, 5.41) is 3.14. The third-order valence-corrected chi connectivity index (χ3v) is 5.28. The number of nitrogens with zero attached hydrogens (tertiary/aromatic N) is 1. The molecule has 0 radical (unpaired) electrons. The summed E-state index contributed by atoms with van der Waals surface area (Å²) in [5.41, 5.74) is 1.09. The summed E-state index contributed by atoms with van der Waals surface area (Å²) in [6, 6.07) is 10.5. The van der Waals surface area contributed by atoms with Crippen molar-refractivity contribution in [1.82, 2.24) is 10.2 Å². The molecule has 4 atom stereocenters. The Morgan fingerprint density at radius 1 is 1.33 bits per heavy atom. The predicted molar refractivity (Wildman–Crippen MR) is 85.0 cm³/mol. The predicted octanol–water partition coefficient (Wildman–Crippen LogP) is 2.47. The first kappa shape index (κ1) is 14.6. The zero-order valence-electron chi connectivity index (χ0n) is 12.9. The average Bonchev–Trinajstić information content (AvgIpc) is 2.54. The smallest absolute Gasteiger partial charge is 0.224 e. The van der Waals surface area contributed by atoms with E-state index in [0.717, 1.165) is 23.9 Å². The minimum atomic E-state index is 0.149. The number of amides is 1. The van der Waals surface area contributed by atoms with E-state index in [-0.39, 0.29) is 5.91 Å². The van der Waals surface area contributed by atoms with Crippen LogP contribution in [0.3, 0.4) is 0 Å². The maximum absolute atomic E-state index is 12.1. The molecule has 0 aliphatic carbocycles. The lowest BCUT2D eigenvalue weighted by Gasteiger charge is -2.50. The molecule has 1 N–H and O–H groups in total. The molecule has 3 nitrogen and oxygen atoms in total. The Kier molecular flexibility index (Phi) is 4.59. The van der Waals surface area contributed by atoms with Gasteiger partial charge >= 0.3 is 0 Å². The monoisotopic (exact) mass is 286 g/mol. The summed E-state index contributed by atoms with van der Waals surface area (Å²) in [7, 11) is 0. The normalized spacial score (nSPS) is 31.1. The maximum atomic E-state index is 12.1. The van der Waals surface area contributed by atoms with E-state index in [0.29, 0.717) is 12.5 Å². The van der Waals surface area contributed by atoms with Crippen LogP contribution in [-0.4, -0.2) is 36.5 Å². The van der Waals surface area contributed by atoms with Gasteiger partial charge in [-0.1, -0.05) is 43.7 Å². The second-order valence-electron chi connectivity index (χ2n) is 6.57. The van der Waals surface area contributed by atoms with E-state index >= 15 is 0 Å². The number of rotatable bonds is 5. The Bertz CT molecular complexity index is 473. The van der Waals surface area contributed by atoms with E-state index < -0.39 is 0 Å². The van der Waals surface area contributed by atoms with Gasteiger partial charge in [0.25, 0.3) is 0 Å². The minimum absolute atomic E-state index is 0.149. The number of fused-ring (bicyclic) bond motifs is 3. The van der Waals surface area contributed by atoms with Gasteiger partial charge in [0.05, 0.1) is 6.42 Å². The van der Waals surface area contributed by atoms with Crippen molar-refractivity contribution in [2.75, 3.05) is 19.6 Å². The molecule has 114 valence electrons. The lowest BCUT2D eigenvalue weighted by molar-refractivity contribution is -0.121. The van der Waals surface area contributed by atoms with Crippen molar-refractivity contribution in [3.63, 3.8) is 0 Å². The van der Waals surface area contributed by atoms with Crippen molar-refractivity contribution < 1.29 is 4.79 Å². The minimum Gasteiger partial charge on any atom is -0.354 e. The maximum Gasteiger partial charge on any atom is 0.224 e. The first-order valence-corrected chi connectivity index (χ1v) is 8.31. The molecule has 3 fully saturated rings. The molecule has 2 bridgehead atoms. The summed E-state index contributed by atoms with van der Waals surface area (Å²) in [4.78, 5) is 14.6. The number of nitrogens with one attached hydrogen (secondary N) is 1. The van der Waals surface area contributed by atoms with Crippen molar-refractivity contribution >= 4 is 5.91 Å². The third-order valence-electron chi connectivity index (χ3n) is 5.28. The number of hydrogen-bond acceptors (Lipinski definition) is 2. The molecule has 1 aromatic rings. The molecule has 21 heavy (non-hydrogen) atoms. The van der Waals surface area contributed by atoms with E-state index in [4.69, 9.17) is 0 Å². The van der Waals surface area contributed by atoms with Crippen molar-refractivity contribution in [3.8, 4) is 0 Å². The van der Waals surface area contributed by atoms with E-state index in [1.165, 1.54) is 32.4 Å². The van der Waals surface area contributed by atoms with Gasteiger partial charge in [-0.15, -0.1) is 0 Å². The highest BCUT2D eigenvalue weighted by atomic mass is 16.1. The Labute approximate surface area is 127 Å². The number of carbonyl (C=O) groups excluding carboxylic acids is 1. The van der Waals surface area contributed by atoms with Gasteiger partial charge in [-0.25, -0.2) is 0 Å². The van der Waals surface area contributed by atoms with Crippen LogP contribution in [0.2, 0.25) is 0 Å². The molecule has 0 aromatic heterocycles. The molecule has 3 heteroatoms. The van der Waals surface area contributed by atoms with Crippen LogP contribution >= 0.6 is 0 Å². The molecule has 0 spiro atoms. The molecule has 3 heterocycles. The zero-order chi connectivity index (χ0) is 14.7. The van der Waals surface area contributed by atoms with E-state index in [1.54, 1.807) is 0 Å². The molecule has 1 unspecified atom stereocenters. The van der Waals surface area contributed by atoms with Gasteiger partial charge in [0.15, 0.2) is 0 Å². The fourth-order valence-corrected chi connectivity index (χ4v) is 4.00. The van der Waals surface area contributed by atoms with Crippen molar-refractivity contribution in [2.24, 2.45) is 11.8 Å². The van der Waals surface area contributed by atoms with Crippen LogP contribution in [0.4, 0.5) is 0 Å². The van der Waals surface area contributed by atoms with Gasteiger partial charge in [-0.3, -0.25) is 9.69 Å². The highest BCUT2D eigenvalue weighted by Gasteiger charge is 2.38. The number of benzene rings is 1. The molecular formula is C18H26N2O. The fourth-order valence-electron chi connectivity index (χ4n) is 4.00. The van der Waals surface area contributed by atoms with Gasteiger partial charge in [0.2, 0.25) is 5.91 Å². The van der Waals surface area contributed by atoms with Crippen LogP contribution in [0.15, 0.2) is 30.3 Å². The van der Waals surface area contributed by atoms with Gasteiger partial charge in [0.1, 0.15) is 0 Å². The molecule has 3 aliphatic heterocycles. The molecule has 1 aromatic carbocycles. The molecular weight excluding hydrogens is 260 g/mol. The Morgan fingerprint density at radius 2 is 2.14 bits per heavy atom. The first-order chi connectivity index (χ1) is 10.3. The van der Waals surface area contributed by atoms with Gasteiger partial charge < -0.3 is 5.32 Å². The van der Waals surface area contributed by atoms with Crippen LogP contribution in [0.5, 0.6) is 0 Å². The van der Waals surface area contributed by atoms with Crippen LogP contribution in [0, 0.1) is 11.8 Å². The zero-order valence-corrected chi connectivity index (χ0v) is 12.9. The highest BCUT2D eigenvalue weighted by molar-refractivity contribution is 5.78. The van der Waals surface area contributed by atoms with Crippen molar-refractivity contribution in [3.05, 3.63) is 35.9 Å². The summed E-state index contributed by atoms with van der Waals surface area (Å²) in [5.74, 6) is 1.92. The first-order valence-electron chi connectivity index (χ1n) is 8.31. The molecule has 4 rings (SSSR count). The SMILES string of the molecule is CC[C@@H]1CN2CC[C@H]1C[C@@H]2CNC(=O)Cc1ccccc1. The molecule has 3 aliphatic rings.